The lowest BCUT2D eigenvalue weighted by molar-refractivity contribution is 0.100. The van der Waals surface area contributed by atoms with E-state index in [-0.39, 0.29) is 0 Å². The summed E-state index contributed by atoms with van der Waals surface area (Å²) in [5.41, 5.74) is 7.39. The van der Waals surface area contributed by atoms with E-state index < -0.39 is 5.91 Å². The molecule has 2 heterocycles. The van der Waals surface area contributed by atoms with Gasteiger partial charge in [-0.15, -0.1) is 0 Å². The number of nitrogens with one attached hydrogen (secondary N) is 1. The summed E-state index contributed by atoms with van der Waals surface area (Å²) in [4.78, 5) is 22.3. The Morgan fingerprint density at radius 2 is 2.19 bits per heavy atom. The molecular formula is C11H8N4O. The van der Waals surface area contributed by atoms with Gasteiger partial charge in [0.15, 0.2) is 0 Å². The Balaban J connectivity index is 2.44. The first-order chi connectivity index (χ1) is 7.75. The van der Waals surface area contributed by atoms with Gasteiger partial charge in [0.1, 0.15) is 12.0 Å². The topological polar surface area (TPSA) is 84.7 Å². The van der Waals surface area contributed by atoms with E-state index in [0.717, 1.165) is 21.9 Å². The summed E-state index contributed by atoms with van der Waals surface area (Å²) in [6.07, 6.45) is 3.19. The number of fused-ring (bicyclic) bond motifs is 3. The number of benzene rings is 1. The SMILES string of the molecule is NC(=O)c1ccc2[nH]c3ncncc3c2c1. The lowest BCUT2D eigenvalue weighted by Gasteiger charge is -1.95. The Labute approximate surface area is 90.3 Å². The van der Waals surface area contributed by atoms with Gasteiger partial charge in [-0.1, -0.05) is 0 Å². The molecule has 78 valence electrons. The van der Waals surface area contributed by atoms with Gasteiger partial charge in [0.2, 0.25) is 5.91 Å². The van der Waals surface area contributed by atoms with Crippen molar-refractivity contribution < 1.29 is 4.79 Å². The number of amides is 1. The van der Waals surface area contributed by atoms with Crippen LogP contribution in [0.15, 0.2) is 30.7 Å². The summed E-state index contributed by atoms with van der Waals surface area (Å²) >= 11 is 0. The van der Waals surface area contributed by atoms with Gasteiger partial charge in [-0.25, -0.2) is 9.97 Å². The van der Waals surface area contributed by atoms with Crippen LogP contribution >= 0.6 is 0 Å². The smallest absolute Gasteiger partial charge is 0.248 e. The van der Waals surface area contributed by atoms with E-state index >= 15 is 0 Å². The van der Waals surface area contributed by atoms with Crippen molar-refractivity contribution in [3.8, 4) is 0 Å². The number of H-pyrrole nitrogens is 1. The van der Waals surface area contributed by atoms with Crippen LogP contribution in [0.1, 0.15) is 10.4 Å². The number of hydrogen-bond acceptors (Lipinski definition) is 3. The van der Waals surface area contributed by atoms with E-state index in [1.165, 1.54) is 6.33 Å². The van der Waals surface area contributed by atoms with Gasteiger partial charge >= 0.3 is 0 Å². The number of nitrogens with two attached hydrogens (primary N) is 1. The largest absolute Gasteiger partial charge is 0.366 e. The molecule has 0 radical (unpaired) electrons. The average Bonchev–Trinajstić information content (AvgIpc) is 2.66. The first kappa shape index (κ1) is 8.84. The highest BCUT2D eigenvalue weighted by Crippen LogP contribution is 2.23. The van der Waals surface area contributed by atoms with Crippen molar-refractivity contribution in [3.05, 3.63) is 36.3 Å². The fourth-order valence-corrected chi connectivity index (χ4v) is 1.78. The highest BCUT2D eigenvalue weighted by Gasteiger charge is 2.07. The molecule has 0 saturated heterocycles. The van der Waals surface area contributed by atoms with Crippen molar-refractivity contribution in [2.45, 2.75) is 0 Å². The summed E-state index contributed by atoms with van der Waals surface area (Å²) in [5.74, 6) is -0.437. The van der Waals surface area contributed by atoms with E-state index in [4.69, 9.17) is 5.73 Å². The van der Waals surface area contributed by atoms with Crippen LogP contribution in [0.3, 0.4) is 0 Å². The van der Waals surface area contributed by atoms with Crippen molar-refractivity contribution in [1.82, 2.24) is 15.0 Å². The summed E-state index contributed by atoms with van der Waals surface area (Å²) in [6, 6.07) is 5.25. The third kappa shape index (κ3) is 1.15. The summed E-state index contributed by atoms with van der Waals surface area (Å²) in [6.45, 7) is 0. The van der Waals surface area contributed by atoms with Crippen LogP contribution in [-0.4, -0.2) is 20.9 Å². The van der Waals surface area contributed by atoms with Gasteiger partial charge in [0.25, 0.3) is 0 Å². The van der Waals surface area contributed by atoms with Gasteiger partial charge in [-0.05, 0) is 18.2 Å². The molecule has 1 aromatic carbocycles. The van der Waals surface area contributed by atoms with Crippen LogP contribution in [-0.2, 0) is 0 Å². The van der Waals surface area contributed by atoms with Crippen LogP contribution in [0.2, 0.25) is 0 Å². The van der Waals surface area contributed by atoms with Crippen molar-refractivity contribution in [1.29, 1.82) is 0 Å². The first-order valence-corrected chi connectivity index (χ1v) is 4.77. The minimum Gasteiger partial charge on any atom is -0.366 e. The lowest BCUT2D eigenvalue weighted by Crippen LogP contribution is -2.10. The van der Waals surface area contributed by atoms with Gasteiger partial charge in [-0.2, -0.15) is 0 Å². The second-order valence-corrected chi connectivity index (χ2v) is 3.53. The quantitative estimate of drug-likeness (QED) is 0.635. The van der Waals surface area contributed by atoms with E-state index in [2.05, 4.69) is 15.0 Å². The molecule has 5 heteroatoms. The minimum absolute atomic E-state index is 0.437. The van der Waals surface area contributed by atoms with E-state index in [9.17, 15) is 4.79 Å². The lowest BCUT2D eigenvalue weighted by atomic mass is 10.1. The Bertz CT molecular complexity index is 701. The Morgan fingerprint density at radius 1 is 1.31 bits per heavy atom. The summed E-state index contributed by atoms with van der Waals surface area (Å²) in [5, 5.41) is 1.80. The van der Waals surface area contributed by atoms with Gasteiger partial charge < -0.3 is 10.7 Å². The minimum atomic E-state index is -0.437. The maximum Gasteiger partial charge on any atom is 0.248 e. The van der Waals surface area contributed by atoms with Gasteiger partial charge in [0, 0.05) is 28.0 Å². The summed E-state index contributed by atoms with van der Waals surface area (Å²) < 4.78 is 0. The standard InChI is InChI=1S/C11H8N4O/c12-10(16)6-1-2-9-7(3-6)8-4-13-5-14-11(8)15-9/h1-5H,(H2,12,16)(H,13,14,15). The average molecular weight is 212 g/mol. The number of rotatable bonds is 1. The van der Waals surface area contributed by atoms with Gasteiger partial charge in [-0.3, -0.25) is 4.79 Å². The molecule has 0 bridgehead atoms. The summed E-state index contributed by atoms with van der Waals surface area (Å²) in [7, 11) is 0. The number of primary amides is 1. The molecule has 3 aromatic rings. The van der Waals surface area contributed by atoms with E-state index in [1.54, 1.807) is 18.3 Å². The predicted octanol–water partition coefficient (Wildman–Crippen LogP) is 1.21. The zero-order valence-corrected chi connectivity index (χ0v) is 8.27. The molecule has 2 aromatic heterocycles. The molecule has 0 aliphatic heterocycles. The fraction of sp³-hybridized carbons (Fsp3) is 0. The number of nitrogens with zero attached hydrogens (tertiary/aromatic N) is 2. The normalized spacial score (nSPS) is 11.0. The maximum absolute atomic E-state index is 11.1. The number of carbonyl (C=O) groups excluding carboxylic acids is 1. The Kier molecular flexibility index (Phi) is 1.67. The number of aromatic amines is 1. The zero-order valence-electron chi connectivity index (χ0n) is 8.27. The molecule has 0 unspecified atom stereocenters. The van der Waals surface area contributed by atoms with Gasteiger partial charge in [0.05, 0.1) is 0 Å². The molecule has 0 saturated carbocycles. The fourth-order valence-electron chi connectivity index (χ4n) is 1.78. The van der Waals surface area contributed by atoms with E-state index in [0.29, 0.717) is 5.56 Å². The second kappa shape index (κ2) is 3.03. The molecule has 16 heavy (non-hydrogen) atoms. The van der Waals surface area contributed by atoms with Crippen LogP contribution < -0.4 is 5.73 Å². The Hall–Kier alpha value is -2.43. The Morgan fingerprint density at radius 3 is 3.00 bits per heavy atom. The van der Waals surface area contributed by atoms with Crippen LogP contribution in [0.25, 0.3) is 21.9 Å². The maximum atomic E-state index is 11.1. The van der Waals surface area contributed by atoms with Crippen molar-refractivity contribution in [2.24, 2.45) is 5.73 Å². The number of carbonyl (C=O) groups is 1. The molecule has 5 nitrogen and oxygen atoms in total. The molecule has 0 aliphatic rings. The third-order valence-electron chi connectivity index (χ3n) is 2.56. The molecule has 3 N–H and O–H groups in total. The molecule has 0 spiro atoms. The second-order valence-electron chi connectivity index (χ2n) is 3.53. The molecule has 3 rings (SSSR count). The van der Waals surface area contributed by atoms with Crippen molar-refractivity contribution in [3.63, 3.8) is 0 Å². The molecule has 0 fully saturated rings. The van der Waals surface area contributed by atoms with Crippen LogP contribution in [0.4, 0.5) is 0 Å². The number of aromatic nitrogens is 3. The predicted molar refractivity (Wildman–Crippen MR) is 59.9 cm³/mol. The van der Waals surface area contributed by atoms with Crippen molar-refractivity contribution >= 4 is 27.8 Å². The molecule has 1 amide bonds. The van der Waals surface area contributed by atoms with Crippen LogP contribution in [0, 0.1) is 0 Å². The van der Waals surface area contributed by atoms with E-state index in [1.807, 2.05) is 6.07 Å². The first-order valence-electron chi connectivity index (χ1n) is 4.77. The molecule has 0 aliphatic carbocycles. The van der Waals surface area contributed by atoms with Crippen molar-refractivity contribution in [2.75, 3.05) is 0 Å². The molecule has 0 atom stereocenters. The third-order valence-corrected chi connectivity index (χ3v) is 2.56. The molecular weight excluding hydrogens is 204 g/mol. The highest BCUT2D eigenvalue weighted by atomic mass is 16.1. The highest BCUT2D eigenvalue weighted by molar-refractivity contribution is 6.08. The zero-order chi connectivity index (χ0) is 11.1. The number of hydrogen-bond donors (Lipinski definition) is 2. The van der Waals surface area contributed by atoms with Crippen LogP contribution in [0.5, 0.6) is 0 Å². The monoisotopic (exact) mass is 212 g/mol.